The van der Waals surface area contributed by atoms with Crippen LogP contribution in [0.15, 0.2) is 30.6 Å². The van der Waals surface area contributed by atoms with E-state index in [1.807, 2.05) is 0 Å². The van der Waals surface area contributed by atoms with Crippen molar-refractivity contribution in [2.75, 3.05) is 18.2 Å². The third-order valence-corrected chi connectivity index (χ3v) is 3.72. The second-order valence-corrected chi connectivity index (χ2v) is 4.99. The Morgan fingerprint density at radius 3 is 2.85 bits per heavy atom. The topological polar surface area (TPSA) is 73.1 Å². The maximum atomic E-state index is 5.80. The van der Waals surface area contributed by atoms with E-state index < -0.39 is 0 Å². The Morgan fingerprint density at radius 1 is 1.25 bits per heavy atom. The van der Waals surface area contributed by atoms with Crippen molar-refractivity contribution in [1.82, 2.24) is 9.97 Å². The predicted molar refractivity (Wildman–Crippen MR) is 78.9 cm³/mol. The fraction of sp³-hybridized carbons (Fsp3) is 0.333. The minimum atomic E-state index is 0.341. The zero-order chi connectivity index (χ0) is 13.9. The number of aromatic nitrogens is 2. The molecular weight excluding hydrogens is 252 g/mol. The van der Waals surface area contributed by atoms with Gasteiger partial charge in [-0.05, 0) is 30.4 Å². The fourth-order valence-corrected chi connectivity index (χ4v) is 2.71. The second kappa shape index (κ2) is 5.36. The molecule has 1 aromatic heterocycles. The number of nitrogens with one attached hydrogen (secondary N) is 1. The van der Waals surface area contributed by atoms with Crippen molar-refractivity contribution < 1.29 is 4.74 Å². The van der Waals surface area contributed by atoms with Crippen molar-refractivity contribution in [3.63, 3.8) is 0 Å². The Morgan fingerprint density at radius 2 is 2.05 bits per heavy atom. The number of methoxy groups -OCH3 is 1. The van der Waals surface area contributed by atoms with Gasteiger partial charge in [0.25, 0.3) is 0 Å². The summed E-state index contributed by atoms with van der Waals surface area (Å²) in [5.41, 5.74) is 8.64. The molecule has 1 unspecified atom stereocenters. The SMILES string of the molecule is COc1c(N)ncnc1NC1CCc2ccccc2C1. The number of nitrogens with zero attached hydrogens (tertiary/aromatic N) is 2. The summed E-state index contributed by atoms with van der Waals surface area (Å²) in [4.78, 5) is 8.17. The minimum Gasteiger partial charge on any atom is -0.490 e. The van der Waals surface area contributed by atoms with Crippen molar-refractivity contribution in [2.24, 2.45) is 0 Å². The summed E-state index contributed by atoms with van der Waals surface area (Å²) in [5, 5.41) is 3.43. The number of benzene rings is 1. The molecule has 5 heteroatoms. The fourth-order valence-electron chi connectivity index (χ4n) is 2.71. The van der Waals surface area contributed by atoms with Crippen LogP contribution in [0.3, 0.4) is 0 Å². The highest BCUT2D eigenvalue weighted by molar-refractivity contribution is 5.61. The first-order valence-electron chi connectivity index (χ1n) is 6.75. The summed E-state index contributed by atoms with van der Waals surface area (Å²) in [6, 6.07) is 8.92. The summed E-state index contributed by atoms with van der Waals surface area (Å²) >= 11 is 0. The van der Waals surface area contributed by atoms with E-state index in [0.717, 1.165) is 19.3 Å². The van der Waals surface area contributed by atoms with Crippen LogP contribution < -0.4 is 15.8 Å². The molecule has 1 atom stereocenters. The zero-order valence-electron chi connectivity index (χ0n) is 11.5. The van der Waals surface area contributed by atoms with Crippen LogP contribution in [0.2, 0.25) is 0 Å². The summed E-state index contributed by atoms with van der Waals surface area (Å²) in [6.07, 6.45) is 4.60. The summed E-state index contributed by atoms with van der Waals surface area (Å²) < 4.78 is 5.27. The van der Waals surface area contributed by atoms with Crippen LogP contribution in [0.1, 0.15) is 17.5 Å². The van der Waals surface area contributed by atoms with Crippen molar-refractivity contribution in [3.05, 3.63) is 41.7 Å². The van der Waals surface area contributed by atoms with E-state index in [2.05, 4.69) is 39.6 Å². The van der Waals surface area contributed by atoms with Gasteiger partial charge in [-0.15, -0.1) is 0 Å². The molecular formula is C15H18N4O. The number of ether oxygens (including phenoxy) is 1. The number of nitrogen functional groups attached to an aromatic ring is 1. The number of fused-ring (bicyclic) bond motifs is 1. The largest absolute Gasteiger partial charge is 0.490 e. The number of nitrogens with two attached hydrogens (primary N) is 1. The molecule has 0 saturated carbocycles. The van der Waals surface area contributed by atoms with E-state index in [9.17, 15) is 0 Å². The van der Waals surface area contributed by atoms with Gasteiger partial charge in [-0.3, -0.25) is 0 Å². The molecule has 3 rings (SSSR count). The quantitative estimate of drug-likeness (QED) is 0.893. The predicted octanol–water partition coefficient (Wildman–Crippen LogP) is 2.04. The molecule has 2 aromatic rings. The van der Waals surface area contributed by atoms with Gasteiger partial charge in [0.15, 0.2) is 11.6 Å². The molecule has 0 amide bonds. The lowest BCUT2D eigenvalue weighted by molar-refractivity contribution is 0.414. The number of aryl methyl sites for hydroxylation is 1. The molecule has 0 fully saturated rings. The summed E-state index contributed by atoms with van der Waals surface area (Å²) in [6.45, 7) is 0. The van der Waals surface area contributed by atoms with Crippen LogP contribution in [0, 0.1) is 0 Å². The van der Waals surface area contributed by atoms with Crippen LogP contribution >= 0.6 is 0 Å². The first-order valence-corrected chi connectivity index (χ1v) is 6.75. The van der Waals surface area contributed by atoms with Crippen molar-refractivity contribution >= 4 is 11.6 Å². The summed E-state index contributed by atoms with van der Waals surface area (Å²) in [5.74, 6) is 1.55. The number of anilines is 2. The van der Waals surface area contributed by atoms with Crippen LogP contribution in [0.4, 0.5) is 11.6 Å². The van der Waals surface area contributed by atoms with Crippen molar-refractivity contribution in [1.29, 1.82) is 0 Å². The molecule has 0 aliphatic heterocycles. The average Bonchev–Trinajstić information content (AvgIpc) is 2.47. The molecule has 1 heterocycles. The lowest BCUT2D eigenvalue weighted by Gasteiger charge is -2.26. The molecule has 20 heavy (non-hydrogen) atoms. The monoisotopic (exact) mass is 270 g/mol. The molecule has 0 bridgehead atoms. The lowest BCUT2D eigenvalue weighted by Crippen LogP contribution is -2.28. The third kappa shape index (κ3) is 2.39. The van der Waals surface area contributed by atoms with Gasteiger partial charge in [-0.25, -0.2) is 9.97 Å². The molecule has 0 spiro atoms. The van der Waals surface area contributed by atoms with Crippen LogP contribution in [-0.2, 0) is 12.8 Å². The maximum absolute atomic E-state index is 5.80. The van der Waals surface area contributed by atoms with Crippen LogP contribution in [0.25, 0.3) is 0 Å². The molecule has 1 aromatic carbocycles. The molecule has 5 nitrogen and oxygen atoms in total. The Hall–Kier alpha value is -2.30. The van der Waals surface area contributed by atoms with Gasteiger partial charge in [0.1, 0.15) is 6.33 Å². The van der Waals surface area contributed by atoms with Gasteiger partial charge < -0.3 is 15.8 Å². The van der Waals surface area contributed by atoms with Gasteiger partial charge in [0.05, 0.1) is 7.11 Å². The normalized spacial score (nSPS) is 17.4. The molecule has 1 aliphatic carbocycles. The first kappa shape index (κ1) is 12.7. The minimum absolute atomic E-state index is 0.341. The number of hydrogen-bond acceptors (Lipinski definition) is 5. The van der Waals surface area contributed by atoms with E-state index in [1.54, 1.807) is 7.11 Å². The standard InChI is InChI=1S/C15H18N4O/c1-20-13-14(16)17-9-18-15(13)19-12-7-6-10-4-2-3-5-11(10)8-12/h2-5,9,12H,6-8H2,1H3,(H3,16,17,18,19). The number of rotatable bonds is 3. The highest BCUT2D eigenvalue weighted by Crippen LogP contribution is 2.29. The van der Waals surface area contributed by atoms with Gasteiger partial charge in [0.2, 0.25) is 5.75 Å². The molecule has 1 aliphatic rings. The maximum Gasteiger partial charge on any atom is 0.203 e. The van der Waals surface area contributed by atoms with Gasteiger partial charge in [0, 0.05) is 6.04 Å². The first-order chi connectivity index (χ1) is 9.78. The third-order valence-electron chi connectivity index (χ3n) is 3.72. The van der Waals surface area contributed by atoms with Gasteiger partial charge >= 0.3 is 0 Å². The van der Waals surface area contributed by atoms with Crippen molar-refractivity contribution in [2.45, 2.75) is 25.3 Å². The van der Waals surface area contributed by atoms with Crippen LogP contribution in [0.5, 0.6) is 5.75 Å². The zero-order valence-corrected chi connectivity index (χ0v) is 11.5. The smallest absolute Gasteiger partial charge is 0.203 e. The lowest BCUT2D eigenvalue weighted by atomic mass is 9.88. The summed E-state index contributed by atoms with van der Waals surface area (Å²) in [7, 11) is 1.58. The Labute approximate surface area is 118 Å². The van der Waals surface area contributed by atoms with Crippen LogP contribution in [-0.4, -0.2) is 23.1 Å². The molecule has 104 valence electrons. The van der Waals surface area contributed by atoms with E-state index in [4.69, 9.17) is 10.5 Å². The molecule has 3 N–H and O–H groups in total. The number of hydrogen-bond donors (Lipinski definition) is 2. The highest BCUT2D eigenvalue weighted by Gasteiger charge is 2.20. The van der Waals surface area contributed by atoms with E-state index >= 15 is 0 Å². The average molecular weight is 270 g/mol. The highest BCUT2D eigenvalue weighted by atomic mass is 16.5. The molecule has 0 radical (unpaired) electrons. The van der Waals surface area contributed by atoms with Gasteiger partial charge in [-0.1, -0.05) is 24.3 Å². The van der Waals surface area contributed by atoms with E-state index in [-0.39, 0.29) is 0 Å². The van der Waals surface area contributed by atoms with Crippen molar-refractivity contribution in [3.8, 4) is 5.75 Å². The van der Waals surface area contributed by atoms with Gasteiger partial charge in [-0.2, -0.15) is 0 Å². The Bertz CT molecular complexity index is 615. The Kier molecular flexibility index (Phi) is 3.41. The molecule has 0 saturated heterocycles. The van der Waals surface area contributed by atoms with E-state index in [0.29, 0.717) is 23.4 Å². The van der Waals surface area contributed by atoms with E-state index in [1.165, 1.54) is 17.5 Å². The second-order valence-electron chi connectivity index (χ2n) is 4.99. The Balaban J connectivity index is 1.79.